The second-order valence-corrected chi connectivity index (χ2v) is 6.88. The van der Waals surface area contributed by atoms with Gasteiger partial charge in [-0.05, 0) is 50.6 Å². The Bertz CT molecular complexity index is 855. The molecule has 0 fully saturated rings. The van der Waals surface area contributed by atoms with Gasteiger partial charge in [0.2, 0.25) is 0 Å². The molecule has 1 N–H and O–H groups in total. The number of carbonyl (C=O) groups is 1. The molecule has 0 radical (unpaired) electrons. The van der Waals surface area contributed by atoms with Crippen LogP contribution in [0.3, 0.4) is 0 Å². The summed E-state index contributed by atoms with van der Waals surface area (Å²) in [6.45, 7) is 6.08. The van der Waals surface area contributed by atoms with Crippen molar-refractivity contribution in [3.63, 3.8) is 0 Å². The molecule has 1 atom stereocenters. The van der Waals surface area contributed by atoms with Gasteiger partial charge in [-0.1, -0.05) is 12.1 Å². The van der Waals surface area contributed by atoms with Crippen molar-refractivity contribution >= 4 is 17.2 Å². The SMILES string of the molecule is Cc1cccc(OC(C)C(=O)NCc2sc(-c3ccco3)nc2C)c1. The van der Waals surface area contributed by atoms with Gasteiger partial charge in [-0.25, -0.2) is 4.98 Å². The predicted octanol–water partition coefficient (Wildman–Crippen LogP) is 4.10. The van der Waals surface area contributed by atoms with E-state index >= 15 is 0 Å². The lowest BCUT2D eigenvalue weighted by Crippen LogP contribution is -2.35. The van der Waals surface area contributed by atoms with Crippen LogP contribution >= 0.6 is 11.3 Å². The quantitative estimate of drug-likeness (QED) is 0.722. The topological polar surface area (TPSA) is 64.4 Å². The highest BCUT2D eigenvalue weighted by molar-refractivity contribution is 7.15. The Morgan fingerprint density at radius 2 is 2.16 bits per heavy atom. The molecule has 0 saturated carbocycles. The number of ether oxygens (including phenoxy) is 1. The first kappa shape index (κ1) is 17.2. The number of thiazole rings is 1. The third-order valence-electron chi connectivity index (χ3n) is 3.72. The van der Waals surface area contributed by atoms with Crippen molar-refractivity contribution in [1.82, 2.24) is 10.3 Å². The fourth-order valence-electron chi connectivity index (χ4n) is 2.36. The summed E-state index contributed by atoms with van der Waals surface area (Å²) in [7, 11) is 0. The summed E-state index contributed by atoms with van der Waals surface area (Å²) in [6, 6.07) is 11.4. The monoisotopic (exact) mass is 356 g/mol. The maximum Gasteiger partial charge on any atom is 0.261 e. The van der Waals surface area contributed by atoms with E-state index in [2.05, 4.69) is 10.3 Å². The van der Waals surface area contributed by atoms with Crippen LogP contribution in [0.1, 0.15) is 23.1 Å². The van der Waals surface area contributed by atoms with E-state index in [0.29, 0.717) is 12.3 Å². The van der Waals surface area contributed by atoms with Gasteiger partial charge in [-0.2, -0.15) is 0 Å². The number of nitrogens with zero attached hydrogens (tertiary/aromatic N) is 1. The van der Waals surface area contributed by atoms with E-state index in [9.17, 15) is 4.79 Å². The smallest absolute Gasteiger partial charge is 0.261 e. The van der Waals surface area contributed by atoms with E-state index in [0.717, 1.165) is 26.9 Å². The van der Waals surface area contributed by atoms with Crippen molar-refractivity contribution in [1.29, 1.82) is 0 Å². The highest BCUT2D eigenvalue weighted by Crippen LogP contribution is 2.28. The van der Waals surface area contributed by atoms with E-state index < -0.39 is 6.10 Å². The molecule has 3 rings (SSSR count). The number of furan rings is 1. The number of aryl methyl sites for hydroxylation is 2. The van der Waals surface area contributed by atoms with Crippen molar-refractivity contribution < 1.29 is 13.9 Å². The highest BCUT2D eigenvalue weighted by Gasteiger charge is 2.17. The molecular weight excluding hydrogens is 336 g/mol. The second kappa shape index (κ2) is 7.53. The molecule has 2 aromatic heterocycles. The van der Waals surface area contributed by atoms with Crippen molar-refractivity contribution in [3.05, 3.63) is 58.8 Å². The van der Waals surface area contributed by atoms with Crippen LogP contribution in [0.2, 0.25) is 0 Å². The molecule has 130 valence electrons. The van der Waals surface area contributed by atoms with Gasteiger partial charge < -0.3 is 14.5 Å². The second-order valence-electron chi connectivity index (χ2n) is 5.80. The number of benzene rings is 1. The predicted molar refractivity (Wildman–Crippen MR) is 97.7 cm³/mol. The Kier molecular flexibility index (Phi) is 5.19. The molecule has 0 spiro atoms. The minimum Gasteiger partial charge on any atom is -0.481 e. The summed E-state index contributed by atoms with van der Waals surface area (Å²) >= 11 is 1.52. The molecule has 3 aromatic rings. The van der Waals surface area contributed by atoms with Gasteiger partial charge in [0.05, 0.1) is 18.5 Å². The molecule has 0 aliphatic heterocycles. The van der Waals surface area contributed by atoms with Crippen molar-refractivity contribution in [2.24, 2.45) is 0 Å². The minimum atomic E-state index is -0.570. The molecule has 1 aromatic carbocycles. The maximum atomic E-state index is 12.3. The first-order valence-electron chi connectivity index (χ1n) is 8.04. The van der Waals surface area contributed by atoms with Crippen LogP contribution in [0.25, 0.3) is 10.8 Å². The van der Waals surface area contributed by atoms with Gasteiger partial charge in [0.15, 0.2) is 16.9 Å². The molecule has 1 amide bonds. The van der Waals surface area contributed by atoms with Gasteiger partial charge in [0.1, 0.15) is 5.75 Å². The molecule has 0 aliphatic carbocycles. The van der Waals surface area contributed by atoms with E-state index in [1.165, 1.54) is 11.3 Å². The van der Waals surface area contributed by atoms with Crippen LogP contribution < -0.4 is 10.1 Å². The van der Waals surface area contributed by atoms with E-state index in [4.69, 9.17) is 9.15 Å². The van der Waals surface area contributed by atoms with Crippen LogP contribution in [0.15, 0.2) is 47.1 Å². The average molecular weight is 356 g/mol. The molecular formula is C19H20N2O3S. The lowest BCUT2D eigenvalue weighted by molar-refractivity contribution is -0.127. The van der Waals surface area contributed by atoms with E-state index in [1.54, 1.807) is 13.2 Å². The van der Waals surface area contributed by atoms with Gasteiger partial charge in [0, 0.05) is 4.88 Å². The summed E-state index contributed by atoms with van der Waals surface area (Å²) in [5.74, 6) is 1.27. The van der Waals surface area contributed by atoms with Gasteiger partial charge in [-0.15, -0.1) is 11.3 Å². The zero-order valence-electron chi connectivity index (χ0n) is 14.4. The number of carbonyl (C=O) groups excluding carboxylic acids is 1. The van der Waals surface area contributed by atoms with Crippen LogP contribution in [-0.2, 0) is 11.3 Å². The highest BCUT2D eigenvalue weighted by atomic mass is 32.1. The molecule has 5 nitrogen and oxygen atoms in total. The lowest BCUT2D eigenvalue weighted by atomic mass is 10.2. The largest absolute Gasteiger partial charge is 0.481 e. The fraction of sp³-hybridized carbons (Fsp3) is 0.263. The first-order chi connectivity index (χ1) is 12.0. The molecule has 0 aliphatic rings. The molecule has 1 unspecified atom stereocenters. The maximum absolute atomic E-state index is 12.3. The van der Waals surface area contributed by atoms with Gasteiger partial charge in [-0.3, -0.25) is 4.79 Å². The third-order valence-corrected chi connectivity index (χ3v) is 4.89. The molecule has 2 heterocycles. The van der Waals surface area contributed by atoms with Crippen LogP contribution in [0.4, 0.5) is 0 Å². The standard InChI is InChI=1S/C19H20N2O3S/c1-12-6-4-7-15(10-12)24-14(3)18(22)20-11-17-13(2)21-19(25-17)16-8-5-9-23-16/h4-10,14H,11H2,1-3H3,(H,20,22). The first-order valence-corrected chi connectivity index (χ1v) is 8.86. The minimum absolute atomic E-state index is 0.158. The summed E-state index contributed by atoms with van der Waals surface area (Å²) < 4.78 is 11.1. The number of hydrogen-bond donors (Lipinski definition) is 1. The number of rotatable bonds is 6. The third kappa shape index (κ3) is 4.28. The zero-order chi connectivity index (χ0) is 17.8. The number of amides is 1. The van der Waals surface area contributed by atoms with Crippen molar-refractivity contribution in [3.8, 4) is 16.5 Å². The lowest BCUT2D eigenvalue weighted by Gasteiger charge is -2.14. The molecule has 0 saturated heterocycles. The molecule has 0 bridgehead atoms. The Morgan fingerprint density at radius 1 is 1.32 bits per heavy atom. The summed E-state index contributed by atoms with van der Waals surface area (Å²) in [5, 5.41) is 3.72. The van der Waals surface area contributed by atoms with Gasteiger partial charge >= 0.3 is 0 Å². The van der Waals surface area contributed by atoms with Crippen LogP contribution in [0.5, 0.6) is 5.75 Å². The van der Waals surface area contributed by atoms with Crippen molar-refractivity contribution in [2.45, 2.75) is 33.4 Å². The fourth-order valence-corrected chi connectivity index (χ4v) is 3.33. The number of hydrogen-bond acceptors (Lipinski definition) is 5. The summed E-state index contributed by atoms with van der Waals surface area (Å²) in [5.41, 5.74) is 1.99. The Morgan fingerprint density at radius 3 is 2.88 bits per heavy atom. The summed E-state index contributed by atoms with van der Waals surface area (Å²) in [6.07, 6.45) is 1.05. The zero-order valence-corrected chi connectivity index (χ0v) is 15.2. The number of nitrogens with one attached hydrogen (secondary N) is 1. The Hall–Kier alpha value is -2.60. The van der Waals surface area contributed by atoms with E-state index in [1.807, 2.05) is 50.2 Å². The van der Waals surface area contributed by atoms with Crippen LogP contribution in [0, 0.1) is 13.8 Å². The molecule has 25 heavy (non-hydrogen) atoms. The Labute approximate surface area is 150 Å². The van der Waals surface area contributed by atoms with Crippen molar-refractivity contribution in [2.75, 3.05) is 0 Å². The van der Waals surface area contributed by atoms with Gasteiger partial charge in [0.25, 0.3) is 5.91 Å². The summed E-state index contributed by atoms with van der Waals surface area (Å²) in [4.78, 5) is 17.8. The molecule has 6 heteroatoms. The van der Waals surface area contributed by atoms with E-state index in [-0.39, 0.29) is 5.91 Å². The number of aromatic nitrogens is 1. The van der Waals surface area contributed by atoms with Crippen LogP contribution in [-0.4, -0.2) is 17.0 Å². The Balaban J connectivity index is 1.58. The average Bonchev–Trinajstić information content (AvgIpc) is 3.22. The normalized spacial score (nSPS) is 12.0.